The lowest BCUT2D eigenvalue weighted by Gasteiger charge is -2.02. The van der Waals surface area contributed by atoms with Crippen LogP contribution in [0, 0.1) is 0 Å². The van der Waals surface area contributed by atoms with Crippen LogP contribution in [0.1, 0.15) is 20.8 Å². The highest BCUT2D eigenvalue weighted by atomic mass is 32.1. The lowest BCUT2D eigenvalue weighted by Crippen LogP contribution is -2.19. The molecule has 0 fully saturated rings. The monoisotopic (exact) mass is 358 g/mol. The lowest BCUT2D eigenvalue weighted by atomic mass is 10.2. The topological polar surface area (TPSA) is 106 Å². The van der Waals surface area contributed by atoms with E-state index in [1.54, 1.807) is 30.8 Å². The summed E-state index contributed by atoms with van der Waals surface area (Å²) in [6.45, 7) is 0. The van der Waals surface area contributed by atoms with Crippen molar-refractivity contribution < 1.29 is 14.3 Å². The molecule has 3 aromatic heterocycles. The summed E-state index contributed by atoms with van der Waals surface area (Å²) >= 11 is 1.24. The third kappa shape index (κ3) is 3.50. The zero-order valence-corrected chi connectivity index (χ0v) is 14.2. The quantitative estimate of drug-likeness (QED) is 0.693. The van der Waals surface area contributed by atoms with E-state index in [9.17, 15) is 14.4 Å². The molecular weight excluding hydrogens is 344 g/mol. The summed E-state index contributed by atoms with van der Waals surface area (Å²) in [5.74, 6) is -0.886. The number of carbonyl (C=O) groups excluding carboxylic acids is 2. The molecule has 0 atom stereocenters. The Kier molecular flexibility index (Phi) is 4.48. The van der Waals surface area contributed by atoms with Gasteiger partial charge in [-0.05, 0) is 12.1 Å². The number of aromatic nitrogens is 3. The molecule has 0 spiro atoms. The first kappa shape index (κ1) is 16.7. The molecule has 3 rings (SSSR count). The first-order valence-electron chi connectivity index (χ1n) is 7.18. The zero-order chi connectivity index (χ0) is 18.0. The van der Waals surface area contributed by atoms with Crippen LogP contribution >= 0.6 is 11.3 Å². The number of nitrogens with zero attached hydrogens (tertiary/aromatic N) is 2. The normalized spacial score (nSPS) is 10.5. The number of ether oxygens (including phenoxy) is 1. The zero-order valence-electron chi connectivity index (χ0n) is 13.4. The van der Waals surface area contributed by atoms with E-state index in [4.69, 9.17) is 0 Å². The highest BCUT2D eigenvalue weighted by Crippen LogP contribution is 2.26. The first-order valence-corrected chi connectivity index (χ1v) is 8.06. The van der Waals surface area contributed by atoms with Gasteiger partial charge in [-0.25, -0.2) is 9.78 Å². The van der Waals surface area contributed by atoms with Crippen molar-refractivity contribution in [2.45, 2.75) is 0 Å². The highest BCUT2D eigenvalue weighted by molar-refractivity contribution is 7.14. The Labute approximate surface area is 146 Å². The van der Waals surface area contributed by atoms with Crippen LogP contribution in [0.4, 0.5) is 5.13 Å². The van der Waals surface area contributed by atoms with Crippen molar-refractivity contribution in [3.05, 3.63) is 57.6 Å². The first-order chi connectivity index (χ1) is 12.0. The van der Waals surface area contributed by atoms with E-state index in [1.807, 2.05) is 0 Å². The molecule has 8 nitrogen and oxygen atoms in total. The number of hydrogen-bond acceptors (Lipinski definition) is 6. The lowest BCUT2D eigenvalue weighted by molar-refractivity contribution is 0.0594. The molecule has 0 saturated heterocycles. The fourth-order valence-corrected chi connectivity index (χ4v) is 2.81. The van der Waals surface area contributed by atoms with E-state index in [0.717, 1.165) is 0 Å². The van der Waals surface area contributed by atoms with E-state index < -0.39 is 11.9 Å². The summed E-state index contributed by atoms with van der Waals surface area (Å²) in [6, 6.07) is 4.44. The van der Waals surface area contributed by atoms with Gasteiger partial charge in [-0.2, -0.15) is 0 Å². The SMILES string of the molecule is COC(=O)c1cc(-c2csc(NC(=O)c3ccn(C)c(=O)c3)n2)c[nH]1. The predicted molar refractivity (Wildman–Crippen MR) is 92.9 cm³/mol. The molecule has 0 saturated carbocycles. The Morgan fingerprint density at radius 3 is 2.88 bits per heavy atom. The van der Waals surface area contributed by atoms with E-state index in [0.29, 0.717) is 22.1 Å². The molecule has 1 amide bonds. The fourth-order valence-electron chi connectivity index (χ4n) is 2.09. The van der Waals surface area contributed by atoms with Gasteiger partial charge in [-0.1, -0.05) is 0 Å². The van der Waals surface area contributed by atoms with Gasteiger partial charge in [0.1, 0.15) is 5.69 Å². The van der Waals surface area contributed by atoms with Crippen molar-refractivity contribution >= 4 is 28.3 Å². The summed E-state index contributed by atoms with van der Waals surface area (Å²) in [6.07, 6.45) is 3.16. The number of carbonyl (C=O) groups is 2. The average Bonchev–Trinajstić information content (AvgIpc) is 3.25. The minimum Gasteiger partial charge on any atom is -0.464 e. The largest absolute Gasteiger partial charge is 0.464 e. The fraction of sp³-hybridized carbons (Fsp3) is 0.125. The van der Waals surface area contributed by atoms with E-state index in [-0.39, 0.29) is 11.1 Å². The number of H-pyrrole nitrogens is 1. The molecule has 0 radical (unpaired) electrons. The van der Waals surface area contributed by atoms with Crippen LogP contribution in [0.25, 0.3) is 11.3 Å². The van der Waals surface area contributed by atoms with Gasteiger partial charge in [0, 0.05) is 42.0 Å². The number of esters is 1. The Balaban J connectivity index is 1.76. The number of amides is 1. The number of methoxy groups -OCH3 is 1. The van der Waals surface area contributed by atoms with E-state index >= 15 is 0 Å². The molecule has 9 heteroatoms. The van der Waals surface area contributed by atoms with Gasteiger partial charge < -0.3 is 14.3 Å². The molecule has 0 bridgehead atoms. The Hall–Kier alpha value is -3.20. The van der Waals surface area contributed by atoms with Crippen LogP contribution in [0.2, 0.25) is 0 Å². The summed E-state index contributed by atoms with van der Waals surface area (Å²) < 4.78 is 6.02. The van der Waals surface area contributed by atoms with Crippen molar-refractivity contribution in [3.8, 4) is 11.3 Å². The van der Waals surface area contributed by atoms with Gasteiger partial charge in [0.25, 0.3) is 11.5 Å². The average molecular weight is 358 g/mol. The van der Waals surface area contributed by atoms with Crippen molar-refractivity contribution in [2.75, 3.05) is 12.4 Å². The molecule has 0 aliphatic heterocycles. The molecule has 0 unspecified atom stereocenters. The van der Waals surface area contributed by atoms with E-state index in [1.165, 1.54) is 35.3 Å². The van der Waals surface area contributed by atoms with Crippen molar-refractivity contribution in [3.63, 3.8) is 0 Å². The molecule has 0 aliphatic rings. The number of aryl methyl sites for hydroxylation is 1. The van der Waals surface area contributed by atoms with Gasteiger partial charge in [0.2, 0.25) is 0 Å². The second-order valence-corrected chi connectivity index (χ2v) is 6.01. The molecule has 0 aromatic carbocycles. The minimum absolute atomic E-state index is 0.259. The molecule has 3 aromatic rings. The third-order valence-corrected chi connectivity index (χ3v) is 4.23. The van der Waals surface area contributed by atoms with Crippen molar-refractivity contribution in [1.29, 1.82) is 0 Å². The van der Waals surface area contributed by atoms with Gasteiger partial charge in [-0.15, -0.1) is 11.3 Å². The molecule has 3 heterocycles. The van der Waals surface area contributed by atoms with Crippen LogP contribution in [-0.2, 0) is 11.8 Å². The van der Waals surface area contributed by atoms with Crippen molar-refractivity contribution in [1.82, 2.24) is 14.5 Å². The third-order valence-electron chi connectivity index (χ3n) is 3.48. The maximum Gasteiger partial charge on any atom is 0.354 e. The molecule has 2 N–H and O–H groups in total. The number of aromatic amines is 1. The number of thiazole rings is 1. The summed E-state index contributed by atoms with van der Waals surface area (Å²) in [4.78, 5) is 42.4. The van der Waals surface area contributed by atoms with E-state index in [2.05, 4.69) is 20.0 Å². The van der Waals surface area contributed by atoms with Gasteiger partial charge in [-0.3, -0.25) is 14.9 Å². The summed E-state index contributed by atoms with van der Waals surface area (Å²) in [5, 5.41) is 4.80. The standard InChI is InChI=1S/C16H14N4O4S/c1-20-4-3-9(6-13(20)21)14(22)19-16-18-12(8-25-16)10-5-11(17-7-10)15(23)24-2/h3-8,17H,1-2H3,(H,18,19,22). The predicted octanol–water partition coefficient (Wildman–Crippen LogP) is 1.88. The smallest absolute Gasteiger partial charge is 0.354 e. The second kappa shape index (κ2) is 6.73. The minimum atomic E-state index is -0.472. The maximum atomic E-state index is 12.2. The van der Waals surface area contributed by atoms with Crippen LogP contribution in [-0.4, -0.2) is 33.5 Å². The number of nitrogens with one attached hydrogen (secondary N) is 2. The van der Waals surface area contributed by atoms with Gasteiger partial charge in [0.05, 0.1) is 12.8 Å². The Bertz CT molecular complexity index is 1000. The van der Waals surface area contributed by atoms with Gasteiger partial charge >= 0.3 is 5.97 Å². The second-order valence-electron chi connectivity index (χ2n) is 5.15. The van der Waals surface area contributed by atoms with Crippen molar-refractivity contribution in [2.24, 2.45) is 7.05 Å². The maximum absolute atomic E-state index is 12.2. The summed E-state index contributed by atoms with van der Waals surface area (Å²) in [7, 11) is 2.91. The molecule has 128 valence electrons. The van der Waals surface area contributed by atoms with Crippen LogP contribution in [0.5, 0.6) is 0 Å². The Morgan fingerprint density at radius 1 is 1.36 bits per heavy atom. The molecular formula is C16H14N4O4S. The van der Waals surface area contributed by atoms with Crippen LogP contribution < -0.4 is 10.9 Å². The Morgan fingerprint density at radius 2 is 2.16 bits per heavy atom. The number of rotatable bonds is 4. The number of pyridine rings is 1. The molecule has 25 heavy (non-hydrogen) atoms. The van der Waals surface area contributed by atoms with Crippen LogP contribution in [0.15, 0.2) is 40.8 Å². The molecule has 0 aliphatic carbocycles. The highest BCUT2D eigenvalue weighted by Gasteiger charge is 2.13. The number of hydrogen-bond donors (Lipinski definition) is 2. The number of anilines is 1. The van der Waals surface area contributed by atoms with Crippen LogP contribution in [0.3, 0.4) is 0 Å². The summed E-state index contributed by atoms with van der Waals surface area (Å²) in [5.41, 5.74) is 1.61. The van der Waals surface area contributed by atoms with Gasteiger partial charge in [0.15, 0.2) is 5.13 Å².